The molecule has 0 atom stereocenters. The minimum atomic E-state index is 0.343. The highest BCUT2D eigenvalue weighted by Crippen LogP contribution is 2.60. The molecule has 0 radical (unpaired) electrons. The van der Waals surface area contributed by atoms with Crippen molar-refractivity contribution in [1.29, 1.82) is 0 Å². The second-order valence-electron chi connectivity index (χ2n) is 4.74. The summed E-state index contributed by atoms with van der Waals surface area (Å²) in [5, 5.41) is 12.1. The van der Waals surface area contributed by atoms with Crippen molar-refractivity contribution in [3.05, 3.63) is 0 Å². The summed E-state index contributed by atoms with van der Waals surface area (Å²) >= 11 is 0. The molecule has 2 heteroatoms. The average Bonchev–Trinajstić information content (AvgIpc) is 2.98. The van der Waals surface area contributed by atoms with Crippen LogP contribution in [0.5, 0.6) is 0 Å². The van der Waals surface area contributed by atoms with E-state index in [2.05, 4.69) is 5.32 Å². The lowest BCUT2D eigenvalue weighted by Gasteiger charge is -2.14. The molecule has 2 aliphatic carbocycles. The maximum absolute atomic E-state index is 8.61. The van der Waals surface area contributed by atoms with Gasteiger partial charge in [0, 0.05) is 13.2 Å². The molecule has 0 heterocycles. The lowest BCUT2D eigenvalue weighted by atomic mass is 10.0. The molecule has 0 aromatic carbocycles. The van der Waals surface area contributed by atoms with Gasteiger partial charge in [-0.25, -0.2) is 0 Å². The first kappa shape index (κ1) is 9.47. The molecule has 0 saturated heterocycles. The number of unbranched alkanes of at least 4 members (excludes halogenated alkanes) is 1. The molecule has 76 valence electrons. The van der Waals surface area contributed by atoms with Gasteiger partial charge >= 0.3 is 0 Å². The van der Waals surface area contributed by atoms with Crippen LogP contribution in [0, 0.1) is 11.3 Å². The second-order valence-corrected chi connectivity index (χ2v) is 4.74. The van der Waals surface area contributed by atoms with Crippen LogP contribution in [0.15, 0.2) is 0 Å². The largest absolute Gasteiger partial charge is 0.396 e. The Balaban J connectivity index is 1.52. The molecule has 2 fully saturated rings. The fourth-order valence-electron chi connectivity index (χ4n) is 2.28. The highest BCUT2D eigenvalue weighted by atomic mass is 16.2. The summed E-state index contributed by atoms with van der Waals surface area (Å²) in [6.45, 7) is 2.67. The summed E-state index contributed by atoms with van der Waals surface area (Å²) < 4.78 is 0. The standard InChI is InChI=1S/C11H21NO/c13-8-2-1-7-12-9-11(5-6-11)10-3-4-10/h10,12-13H,1-9H2. The van der Waals surface area contributed by atoms with Gasteiger partial charge in [-0.3, -0.25) is 0 Å². The molecule has 2 rings (SSSR count). The van der Waals surface area contributed by atoms with Gasteiger partial charge in [0.2, 0.25) is 0 Å². The van der Waals surface area contributed by atoms with Gasteiger partial charge in [-0.15, -0.1) is 0 Å². The van der Waals surface area contributed by atoms with Crippen molar-refractivity contribution in [2.75, 3.05) is 19.7 Å². The Bertz CT molecular complexity index is 161. The predicted molar refractivity (Wildman–Crippen MR) is 53.6 cm³/mol. The van der Waals surface area contributed by atoms with Crippen molar-refractivity contribution in [2.45, 2.75) is 38.5 Å². The van der Waals surface area contributed by atoms with Gasteiger partial charge < -0.3 is 10.4 Å². The molecule has 0 spiro atoms. The van der Waals surface area contributed by atoms with Crippen LogP contribution < -0.4 is 5.32 Å². The quantitative estimate of drug-likeness (QED) is 0.587. The third-order valence-corrected chi connectivity index (χ3v) is 3.57. The zero-order valence-corrected chi connectivity index (χ0v) is 8.39. The molecular weight excluding hydrogens is 162 g/mol. The van der Waals surface area contributed by atoms with E-state index in [4.69, 9.17) is 5.11 Å². The van der Waals surface area contributed by atoms with E-state index in [1.807, 2.05) is 0 Å². The van der Waals surface area contributed by atoms with Crippen LogP contribution in [0.2, 0.25) is 0 Å². The zero-order valence-electron chi connectivity index (χ0n) is 8.39. The van der Waals surface area contributed by atoms with Crippen molar-refractivity contribution in [3.8, 4) is 0 Å². The van der Waals surface area contributed by atoms with Gasteiger partial charge in [0.15, 0.2) is 0 Å². The van der Waals surface area contributed by atoms with E-state index in [1.54, 1.807) is 0 Å². The Labute approximate surface area is 80.7 Å². The summed E-state index contributed by atoms with van der Waals surface area (Å²) in [7, 11) is 0. The van der Waals surface area contributed by atoms with Crippen LogP contribution >= 0.6 is 0 Å². The lowest BCUT2D eigenvalue weighted by molar-refractivity contribution is 0.282. The maximum Gasteiger partial charge on any atom is 0.0431 e. The number of rotatable bonds is 7. The van der Waals surface area contributed by atoms with Crippen LogP contribution in [0.3, 0.4) is 0 Å². The summed E-state index contributed by atoms with van der Waals surface area (Å²) in [5.74, 6) is 1.07. The first-order valence-electron chi connectivity index (χ1n) is 5.69. The van der Waals surface area contributed by atoms with E-state index in [9.17, 15) is 0 Å². The van der Waals surface area contributed by atoms with Crippen LogP contribution in [0.4, 0.5) is 0 Å². The highest BCUT2D eigenvalue weighted by molar-refractivity contribution is 5.04. The van der Waals surface area contributed by atoms with Crippen LogP contribution in [0.1, 0.15) is 38.5 Å². The molecule has 2 aliphatic rings. The third-order valence-electron chi connectivity index (χ3n) is 3.57. The molecule has 0 amide bonds. The topological polar surface area (TPSA) is 32.3 Å². The molecule has 13 heavy (non-hydrogen) atoms. The van der Waals surface area contributed by atoms with Gasteiger partial charge in [0.25, 0.3) is 0 Å². The fourth-order valence-corrected chi connectivity index (χ4v) is 2.28. The van der Waals surface area contributed by atoms with E-state index in [0.717, 1.165) is 30.7 Å². The van der Waals surface area contributed by atoms with Gasteiger partial charge in [0.05, 0.1) is 0 Å². The van der Waals surface area contributed by atoms with Crippen molar-refractivity contribution in [3.63, 3.8) is 0 Å². The molecule has 2 nitrogen and oxygen atoms in total. The number of nitrogens with one attached hydrogen (secondary N) is 1. The molecule has 2 saturated carbocycles. The van der Waals surface area contributed by atoms with Crippen LogP contribution in [-0.2, 0) is 0 Å². The van der Waals surface area contributed by atoms with Crippen molar-refractivity contribution < 1.29 is 5.11 Å². The van der Waals surface area contributed by atoms with E-state index in [0.29, 0.717) is 6.61 Å². The van der Waals surface area contributed by atoms with Crippen LogP contribution in [0.25, 0.3) is 0 Å². The Morgan fingerprint density at radius 1 is 1.23 bits per heavy atom. The first-order chi connectivity index (χ1) is 6.37. The zero-order chi connectivity index (χ0) is 9.15. The first-order valence-corrected chi connectivity index (χ1v) is 5.69. The van der Waals surface area contributed by atoms with E-state index in [-0.39, 0.29) is 0 Å². The Hall–Kier alpha value is -0.0800. The smallest absolute Gasteiger partial charge is 0.0431 e. The van der Waals surface area contributed by atoms with Gasteiger partial charge in [-0.1, -0.05) is 0 Å². The second kappa shape index (κ2) is 3.97. The van der Waals surface area contributed by atoms with Crippen molar-refractivity contribution in [2.24, 2.45) is 11.3 Å². The average molecular weight is 183 g/mol. The Kier molecular flexibility index (Phi) is 2.89. The maximum atomic E-state index is 8.61. The van der Waals surface area contributed by atoms with E-state index >= 15 is 0 Å². The van der Waals surface area contributed by atoms with E-state index < -0.39 is 0 Å². The number of aliphatic hydroxyl groups is 1. The minimum Gasteiger partial charge on any atom is -0.396 e. The van der Waals surface area contributed by atoms with E-state index in [1.165, 1.54) is 32.2 Å². The fraction of sp³-hybridized carbons (Fsp3) is 1.00. The normalized spacial score (nSPS) is 24.7. The summed E-state index contributed by atoms with van der Waals surface area (Å²) in [4.78, 5) is 0. The summed E-state index contributed by atoms with van der Waals surface area (Å²) in [5.41, 5.74) is 0.735. The monoisotopic (exact) mass is 183 g/mol. The SMILES string of the molecule is OCCCCNCC1(C2CC2)CC1. The van der Waals surface area contributed by atoms with Gasteiger partial charge in [-0.2, -0.15) is 0 Å². The molecule has 0 aromatic rings. The van der Waals surface area contributed by atoms with Crippen molar-refractivity contribution in [1.82, 2.24) is 5.32 Å². The van der Waals surface area contributed by atoms with Gasteiger partial charge in [-0.05, 0) is 56.4 Å². The molecule has 0 bridgehead atoms. The lowest BCUT2D eigenvalue weighted by Crippen LogP contribution is -2.26. The third kappa shape index (κ3) is 2.44. The molecular formula is C11H21NO. The highest BCUT2D eigenvalue weighted by Gasteiger charge is 2.52. The van der Waals surface area contributed by atoms with Crippen LogP contribution in [-0.4, -0.2) is 24.8 Å². The van der Waals surface area contributed by atoms with Crippen molar-refractivity contribution >= 4 is 0 Å². The van der Waals surface area contributed by atoms with Gasteiger partial charge in [0.1, 0.15) is 0 Å². The summed E-state index contributed by atoms with van der Waals surface area (Å²) in [6.07, 6.45) is 7.96. The molecule has 0 unspecified atom stereocenters. The Morgan fingerprint density at radius 2 is 2.00 bits per heavy atom. The number of hydrogen-bond acceptors (Lipinski definition) is 2. The molecule has 2 N–H and O–H groups in total. The summed E-state index contributed by atoms with van der Waals surface area (Å²) in [6, 6.07) is 0. The minimum absolute atomic E-state index is 0.343. The number of hydrogen-bond donors (Lipinski definition) is 2. The molecule has 0 aliphatic heterocycles. The predicted octanol–water partition coefficient (Wildman–Crippen LogP) is 1.54. The molecule has 0 aromatic heterocycles. The number of aliphatic hydroxyl groups excluding tert-OH is 1. The Morgan fingerprint density at radius 3 is 2.54 bits per heavy atom.